The molecular weight excluding hydrogens is 188 g/mol. The van der Waals surface area contributed by atoms with Crippen molar-refractivity contribution in [1.29, 1.82) is 0 Å². The summed E-state index contributed by atoms with van der Waals surface area (Å²) in [6.45, 7) is 0.141. The Morgan fingerprint density at radius 1 is 1.62 bits per heavy atom. The summed E-state index contributed by atoms with van der Waals surface area (Å²) in [4.78, 5) is 10.6. The monoisotopic (exact) mass is 194 g/mol. The van der Waals surface area contributed by atoms with E-state index in [1.54, 1.807) is 12.1 Å². The number of carbonyl (C=O) groups is 1. The van der Waals surface area contributed by atoms with Crippen LogP contribution in [0.3, 0.4) is 0 Å². The van der Waals surface area contributed by atoms with E-state index in [9.17, 15) is 4.79 Å². The van der Waals surface area contributed by atoms with Gasteiger partial charge in [-0.15, -0.1) is 6.42 Å². The molecule has 0 unspecified atom stereocenters. The first-order valence-corrected chi connectivity index (χ1v) is 3.96. The maximum Gasteiger partial charge on any atom is 0.153 e. The highest BCUT2D eigenvalue weighted by Crippen LogP contribution is 2.20. The predicted molar refractivity (Wildman–Crippen MR) is 51.2 cm³/mol. The molecule has 3 heteroatoms. The van der Waals surface area contributed by atoms with Gasteiger partial charge in [0.25, 0.3) is 0 Å². The number of hydrogen-bond donors (Lipinski definition) is 0. The van der Waals surface area contributed by atoms with Crippen LogP contribution in [0.1, 0.15) is 10.4 Å². The van der Waals surface area contributed by atoms with Crippen LogP contribution in [0.2, 0.25) is 5.02 Å². The molecule has 0 aliphatic carbocycles. The molecule has 0 amide bonds. The first kappa shape index (κ1) is 9.63. The summed E-state index contributed by atoms with van der Waals surface area (Å²) in [5, 5.41) is 0.496. The topological polar surface area (TPSA) is 26.3 Å². The second-order valence-electron chi connectivity index (χ2n) is 2.29. The lowest BCUT2D eigenvalue weighted by Crippen LogP contribution is -1.96. The van der Waals surface area contributed by atoms with Crippen molar-refractivity contribution < 1.29 is 9.53 Å². The van der Waals surface area contributed by atoms with Crippen molar-refractivity contribution in [3.05, 3.63) is 28.8 Å². The minimum absolute atomic E-state index is 0.141. The molecule has 0 saturated carbocycles. The van der Waals surface area contributed by atoms with Gasteiger partial charge >= 0.3 is 0 Å². The summed E-state index contributed by atoms with van der Waals surface area (Å²) in [5.41, 5.74) is 0.405. The highest BCUT2D eigenvalue weighted by atomic mass is 35.5. The molecule has 0 aliphatic heterocycles. The molecule has 0 radical (unpaired) electrons. The fourth-order valence-electron chi connectivity index (χ4n) is 0.862. The Bertz CT molecular complexity index is 352. The number of halogens is 1. The molecule has 13 heavy (non-hydrogen) atoms. The van der Waals surface area contributed by atoms with Gasteiger partial charge in [-0.1, -0.05) is 17.5 Å². The lowest BCUT2D eigenvalue weighted by molar-refractivity contribution is 0.112. The van der Waals surface area contributed by atoms with Crippen molar-refractivity contribution in [1.82, 2.24) is 0 Å². The summed E-state index contributed by atoms with van der Waals surface area (Å²) in [6.07, 6.45) is 5.69. The van der Waals surface area contributed by atoms with Crippen molar-refractivity contribution in [2.75, 3.05) is 6.61 Å². The summed E-state index contributed by atoms with van der Waals surface area (Å²) in [6, 6.07) is 4.78. The lowest BCUT2D eigenvalue weighted by Gasteiger charge is -2.04. The van der Waals surface area contributed by atoms with E-state index < -0.39 is 0 Å². The Labute approximate surface area is 81.5 Å². The van der Waals surface area contributed by atoms with E-state index in [0.717, 1.165) is 0 Å². The van der Waals surface area contributed by atoms with Gasteiger partial charge in [0.1, 0.15) is 12.4 Å². The molecular formula is C10H7ClO2. The lowest BCUT2D eigenvalue weighted by atomic mass is 10.2. The zero-order chi connectivity index (χ0) is 9.68. The smallest absolute Gasteiger partial charge is 0.153 e. The van der Waals surface area contributed by atoms with E-state index in [1.807, 2.05) is 0 Å². The first-order valence-electron chi connectivity index (χ1n) is 3.59. The molecule has 0 fully saturated rings. The van der Waals surface area contributed by atoms with Gasteiger partial charge in [0.15, 0.2) is 6.29 Å². The van der Waals surface area contributed by atoms with Gasteiger partial charge in [-0.25, -0.2) is 0 Å². The highest BCUT2D eigenvalue weighted by Gasteiger charge is 2.02. The van der Waals surface area contributed by atoms with Crippen molar-refractivity contribution in [2.45, 2.75) is 0 Å². The van der Waals surface area contributed by atoms with Crippen LogP contribution in [0.25, 0.3) is 0 Å². The number of terminal acetylenes is 1. The number of aldehydes is 1. The zero-order valence-corrected chi connectivity index (χ0v) is 7.54. The summed E-state index contributed by atoms with van der Waals surface area (Å²) < 4.78 is 5.11. The van der Waals surface area contributed by atoms with Crippen molar-refractivity contribution in [2.24, 2.45) is 0 Å². The van der Waals surface area contributed by atoms with E-state index in [2.05, 4.69) is 5.92 Å². The predicted octanol–water partition coefficient (Wildman–Crippen LogP) is 2.16. The Hall–Kier alpha value is -1.46. The molecule has 0 heterocycles. The Balaban J connectivity index is 2.93. The molecule has 0 spiro atoms. The molecule has 1 aromatic rings. The van der Waals surface area contributed by atoms with Gasteiger partial charge in [-0.05, 0) is 18.2 Å². The van der Waals surface area contributed by atoms with Crippen LogP contribution < -0.4 is 4.74 Å². The van der Waals surface area contributed by atoms with Crippen LogP contribution in [0, 0.1) is 12.3 Å². The van der Waals surface area contributed by atoms with E-state index in [1.165, 1.54) is 6.07 Å². The Kier molecular flexibility index (Phi) is 3.36. The molecule has 66 valence electrons. The van der Waals surface area contributed by atoms with Crippen LogP contribution >= 0.6 is 11.6 Å². The third-order valence-corrected chi connectivity index (χ3v) is 1.64. The number of benzene rings is 1. The fourth-order valence-corrected chi connectivity index (χ4v) is 1.04. The van der Waals surface area contributed by atoms with Gasteiger partial charge in [0, 0.05) is 5.02 Å². The quantitative estimate of drug-likeness (QED) is 0.545. The minimum Gasteiger partial charge on any atom is -0.480 e. The fraction of sp³-hybridized carbons (Fsp3) is 0.100. The van der Waals surface area contributed by atoms with Crippen LogP contribution in [0.4, 0.5) is 0 Å². The standard InChI is InChI=1S/C10H7ClO2/c1-2-5-13-10-4-3-9(11)6-8(10)7-12/h1,3-4,6-7H,5H2. The molecule has 0 aliphatic rings. The Morgan fingerprint density at radius 3 is 3.00 bits per heavy atom. The van der Waals surface area contributed by atoms with Crippen molar-refractivity contribution in [3.63, 3.8) is 0 Å². The second kappa shape index (κ2) is 4.54. The molecule has 0 saturated heterocycles. The number of carbonyl (C=O) groups excluding carboxylic acids is 1. The molecule has 1 aromatic carbocycles. The van der Waals surface area contributed by atoms with E-state index >= 15 is 0 Å². The molecule has 0 N–H and O–H groups in total. The van der Waals surface area contributed by atoms with Crippen LogP contribution in [0.15, 0.2) is 18.2 Å². The third kappa shape index (κ3) is 2.50. The molecule has 1 rings (SSSR count). The van der Waals surface area contributed by atoms with Gasteiger partial charge in [0.2, 0.25) is 0 Å². The Morgan fingerprint density at radius 2 is 2.38 bits per heavy atom. The van der Waals surface area contributed by atoms with Gasteiger partial charge in [-0.2, -0.15) is 0 Å². The van der Waals surface area contributed by atoms with E-state index in [0.29, 0.717) is 22.6 Å². The maximum absolute atomic E-state index is 10.6. The number of hydrogen-bond acceptors (Lipinski definition) is 2. The summed E-state index contributed by atoms with van der Waals surface area (Å²) in [7, 11) is 0. The van der Waals surface area contributed by atoms with Crippen molar-refractivity contribution >= 4 is 17.9 Å². The van der Waals surface area contributed by atoms with Crippen LogP contribution in [0.5, 0.6) is 5.75 Å². The normalized spacial score (nSPS) is 8.92. The molecule has 0 aromatic heterocycles. The van der Waals surface area contributed by atoms with Crippen LogP contribution in [-0.4, -0.2) is 12.9 Å². The maximum atomic E-state index is 10.6. The van der Waals surface area contributed by atoms with Gasteiger partial charge in [-0.3, -0.25) is 4.79 Å². The molecule has 2 nitrogen and oxygen atoms in total. The third-order valence-electron chi connectivity index (χ3n) is 1.41. The average Bonchev–Trinajstić information content (AvgIpc) is 2.16. The largest absolute Gasteiger partial charge is 0.480 e. The molecule has 0 bridgehead atoms. The minimum atomic E-state index is 0.141. The second-order valence-corrected chi connectivity index (χ2v) is 2.73. The van der Waals surface area contributed by atoms with Crippen molar-refractivity contribution in [3.8, 4) is 18.1 Å². The number of rotatable bonds is 3. The first-order chi connectivity index (χ1) is 6.27. The summed E-state index contributed by atoms with van der Waals surface area (Å²) in [5.74, 6) is 2.77. The average molecular weight is 195 g/mol. The van der Waals surface area contributed by atoms with Gasteiger partial charge < -0.3 is 4.74 Å². The number of ether oxygens (including phenoxy) is 1. The molecule has 0 atom stereocenters. The van der Waals surface area contributed by atoms with E-state index in [4.69, 9.17) is 22.8 Å². The summed E-state index contributed by atoms with van der Waals surface area (Å²) >= 11 is 5.67. The highest BCUT2D eigenvalue weighted by molar-refractivity contribution is 6.30. The zero-order valence-electron chi connectivity index (χ0n) is 6.79. The van der Waals surface area contributed by atoms with Gasteiger partial charge in [0.05, 0.1) is 5.56 Å². The SMILES string of the molecule is C#CCOc1ccc(Cl)cc1C=O. The van der Waals surface area contributed by atoms with E-state index in [-0.39, 0.29) is 6.61 Å². The van der Waals surface area contributed by atoms with Crippen LogP contribution in [-0.2, 0) is 0 Å².